The highest BCUT2D eigenvalue weighted by Crippen LogP contribution is 2.30. The molecule has 114 valence electrons. The minimum atomic E-state index is -3.68. The monoisotopic (exact) mass is 309 g/mol. The van der Waals surface area contributed by atoms with Crippen LogP contribution in [-0.2, 0) is 14.8 Å². The lowest BCUT2D eigenvalue weighted by Crippen LogP contribution is -2.45. The normalized spacial score (nSPS) is 20.2. The maximum atomic E-state index is 12.9. The van der Waals surface area contributed by atoms with Crippen LogP contribution in [0.2, 0.25) is 0 Å². The van der Waals surface area contributed by atoms with Crippen LogP contribution in [0.4, 0.5) is 5.69 Å². The Hall–Kier alpha value is -1.62. The van der Waals surface area contributed by atoms with Gasteiger partial charge in [0.2, 0.25) is 10.0 Å². The average Bonchev–Trinajstić information content (AvgIpc) is 2.44. The number of sulfonamides is 1. The van der Waals surface area contributed by atoms with Gasteiger partial charge in [0.1, 0.15) is 0 Å². The second-order valence-electron chi connectivity index (χ2n) is 5.23. The van der Waals surface area contributed by atoms with E-state index in [9.17, 15) is 8.42 Å². The molecular formula is C14H19N3O3S. The van der Waals surface area contributed by atoms with Crippen LogP contribution in [-0.4, -0.2) is 38.5 Å². The van der Waals surface area contributed by atoms with Crippen molar-refractivity contribution in [3.8, 4) is 6.07 Å². The fraction of sp³-hybridized carbons (Fsp3) is 0.500. The number of hydrogen-bond acceptors (Lipinski definition) is 5. The van der Waals surface area contributed by atoms with Crippen LogP contribution in [0.3, 0.4) is 0 Å². The van der Waals surface area contributed by atoms with Gasteiger partial charge in [-0.2, -0.15) is 9.57 Å². The van der Waals surface area contributed by atoms with Gasteiger partial charge in [-0.05, 0) is 37.5 Å². The van der Waals surface area contributed by atoms with E-state index in [-0.39, 0.29) is 24.6 Å². The number of rotatable bonds is 2. The molecule has 1 fully saturated rings. The van der Waals surface area contributed by atoms with Crippen LogP contribution in [0.25, 0.3) is 0 Å². The minimum Gasteiger partial charge on any atom is -0.398 e. The molecule has 1 atom stereocenters. The first-order chi connectivity index (χ1) is 9.78. The predicted molar refractivity (Wildman–Crippen MR) is 79.2 cm³/mol. The predicted octanol–water partition coefficient (Wildman–Crippen LogP) is 1.11. The van der Waals surface area contributed by atoms with E-state index in [0.29, 0.717) is 16.8 Å². The van der Waals surface area contributed by atoms with E-state index in [4.69, 9.17) is 15.7 Å². The van der Waals surface area contributed by atoms with Crippen molar-refractivity contribution in [2.24, 2.45) is 0 Å². The van der Waals surface area contributed by atoms with Gasteiger partial charge in [0.15, 0.2) is 6.10 Å². The second kappa shape index (κ2) is 5.64. The van der Waals surface area contributed by atoms with Crippen LogP contribution < -0.4 is 5.73 Å². The molecule has 0 saturated carbocycles. The molecule has 2 N–H and O–H groups in total. The van der Waals surface area contributed by atoms with Crippen molar-refractivity contribution in [2.45, 2.75) is 31.8 Å². The van der Waals surface area contributed by atoms with E-state index >= 15 is 0 Å². The van der Waals surface area contributed by atoms with E-state index in [1.54, 1.807) is 19.9 Å². The zero-order valence-corrected chi connectivity index (χ0v) is 13.2. The van der Waals surface area contributed by atoms with Crippen molar-refractivity contribution in [2.75, 3.05) is 25.4 Å². The summed E-state index contributed by atoms with van der Waals surface area (Å²) in [4.78, 5) is 0.240. The smallest absolute Gasteiger partial charge is 0.243 e. The maximum absolute atomic E-state index is 12.9. The third kappa shape index (κ3) is 2.75. The number of aryl methyl sites for hydroxylation is 2. The number of ether oxygens (including phenoxy) is 1. The van der Waals surface area contributed by atoms with Gasteiger partial charge in [-0.1, -0.05) is 6.07 Å². The van der Waals surface area contributed by atoms with Crippen LogP contribution >= 0.6 is 0 Å². The number of nitrogens with two attached hydrogens (primary N) is 1. The van der Waals surface area contributed by atoms with Gasteiger partial charge in [0, 0.05) is 12.2 Å². The zero-order chi connectivity index (χ0) is 15.8. The molecule has 1 aromatic rings. The lowest BCUT2D eigenvalue weighted by molar-refractivity contribution is 0.0311. The molecule has 0 bridgehead atoms. The third-order valence-electron chi connectivity index (χ3n) is 3.73. The Morgan fingerprint density at radius 3 is 2.67 bits per heavy atom. The molecule has 0 amide bonds. The van der Waals surface area contributed by atoms with E-state index in [2.05, 4.69) is 0 Å². The Kier molecular flexibility index (Phi) is 4.23. The summed E-state index contributed by atoms with van der Waals surface area (Å²) in [6.07, 6.45) is -0.725. The number of benzene rings is 1. The van der Waals surface area contributed by atoms with E-state index < -0.39 is 16.1 Å². The molecule has 1 heterocycles. The standard InChI is InChI=1S/C14H19N3O3S/c1-9-6-10(2)14(11(3)13(9)16)21(18,19)17-4-5-20-12(7-15)8-17/h6,12H,4-5,8,16H2,1-3H3. The Morgan fingerprint density at radius 2 is 2.05 bits per heavy atom. The molecule has 0 radical (unpaired) electrons. The van der Waals surface area contributed by atoms with Gasteiger partial charge < -0.3 is 10.5 Å². The number of hydrogen-bond donors (Lipinski definition) is 1. The number of nitrogens with zero attached hydrogens (tertiary/aromatic N) is 2. The molecule has 6 nitrogen and oxygen atoms in total. The van der Waals surface area contributed by atoms with Crippen LogP contribution in [0, 0.1) is 32.1 Å². The Morgan fingerprint density at radius 1 is 1.38 bits per heavy atom. The summed E-state index contributed by atoms with van der Waals surface area (Å²) in [5.74, 6) is 0. The first-order valence-electron chi connectivity index (χ1n) is 6.66. The summed E-state index contributed by atoms with van der Waals surface area (Å²) >= 11 is 0. The summed E-state index contributed by atoms with van der Waals surface area (Å²) < 4.78 is 32.2. The highest BCUT2D eigenvalue weighted by molar-refractivity contribution is 7.89. The van der Waals surface area contributed by atoms with Gasteiger partial charge in [-0.3, -0.25) is 0 Å². The van der Waals surface area contributed by atoms with E-state index in [0.717, 1.165) is 5.56 Å². The number of nitriles is 1. The minimum absolute atomic E-state index is 0.0471. The maximum Gasteiger partial charge on any atom is 0.243 e. The summed E-state index contributed by atoms with van der Waals surface area (Å²) in [5, 5.41) is 8.92. The number of nitrogen functional groups attached to an aromatic ring is 1. The zero-order valence-electron chi connectivity index (χ0n) is 12.4. The largest absolute Gasteiger partial charge is 0.398 e. The van der Waals surface area contributed by atoms with Crippen LogP contribution in [0.15, 0.2) is 11.0 Å². The van der Waals surface area contributed by atoms with E-state index in [1.165, 1.54) is 4.31 Å². The SMILES string of the molecule is Cc1cc(C)c(S(=O)(=O)N2CCOC(C#N)C2)c(C)c1N. The quantitative estimate of drug-likeness (QED) is 0.825. The third-order valence-corrected chi connectivity index (χ3v) is 5.89. The summed E-state index contributed by atoms with van der Waals surface area (Å²) in [6.45, 7) is 5.83. The topological polar surface area (TPSA) is 96.4 Å². The van der Waals surface area contributed by atoms with Gasteiger partial charge in [0.25, 0.3) is 0 Å². The fourth-order valence-corrected chi connectivity index (χ4v) is 4.50. The fourth-order valence-electron chi connectivity index (χ4n) is 2.63. The molecule has 0 aliphatic carbocycles. The molecule has 1 unspecified atom stereocenters. The molecule has 21 heavy (non-hydrogen) atoms. The molecule has 1 aliphatic heterocycles. The Balaban J connectivity index is 2.50. The highest BCUT2D eigenvalue weighted by Gasteiger charge is 2.33. The van der Waals surface area contributed by atoms with Crippen molar-refractivity contribution >= 4 is 15.7 Å². The lowest BCUT2D eigenvalue weighted by atomic mass is 10.1. The second-order valence-corrected chi connectivity index (χ2v) is 7.10. The van der Waals surface area contributed by atoms with Crippen molar-refractivity contribution in [1.29, 1.82) is 5.26 Å². The van der Waals surface area contributed by atoms with Crippen molar-refractivity contribution in [3.63, 3.8) is 0 Å². The van der Waals surface area contributed by atoms with Crippen LogP contribution in [0.1, 0.15) is 16.7 Å². The van der Waals surface area contributed by atoms with Crippen molar-refractivity contribution in [1.82, 2.24) is 4.31 Å². The lowest BCUT2D eigenvalue weighted by Gasteiger charge is -2.30. The highest BCUT2D eigenvalue weighted by atomic mass is 32.2. The van der Waals surface area contributed by atoms with Gasteiger partial charge >= 0.3 is 0 Å². The molecule has 0 aromatic heterocycles. The molecule has 0 spiro atoms. The van der Waals surface area contributed by atoms with Crippen molar-refractivity contribution in [3.05, 3.63) is 22.8 Å². The molecule has 2 rings (SSSR count). The number of morpholine rings is 1. The summed E-state index contributed by atoms with van der Waals surface area (Å²) in [7, 11) is -3.68. The van der Waals surface area contributed by atoms with Crippen LogP contribution in [0.5, 0.6) is 0 Å². The first-order valence-corrected chi connectivity index (χ1v) is 8.10. The van der Waals surface area contributed by atoms with Gasteiger partial charge in [-0.15, -0.1) is 0 Å². The molecule has 1 saturated heterocycles. The first kappa shape index (κ1) is 15.8. The molecule has 7 heteroatoms. The Bertz CT molecular complexity index is 707. The Labute approximate surface area is 125 Å². The summed E-state index contributed by atoms with van der Waals surface area (Å²) in [6, 6.07) is 3.73. The van der Waals surface area contributed by atoms with Gasteiger partial charge in [-0.25, -0.2) is 8.42 Å². The van der Waals surface area contributed by atoms with Crippen molar-refractivity contribution < 1.29 is 13.2 Å². The van der Waals surface area contributed by atoms with Gasteiger partial charge in [0.05, 0.1) is 24.1 Å². The molecular weight excluding hydrogens is 290 g/mol. The summed E-state index contributed by atoms with van der Waals surface area (Å²) in [5.41, 5.74) is 8.55. The molecule has 1 aliphatic rings. The number of anilines is 1. The van der Waals surface area contributed by atoms with E-state index in [1.807, 2.05) is 13.0 Å². The average molecular weight is 309 g/mol. The molecule has 1 aromatic carbocycles.